The van der Waals surface area contributed by atoms with Gasteiger partial charge in [-0.2, -0.15) is 0 Å². The molecule has 0 saturated heterocycles. The van der Waals surface area contributed by atoms with Crippen LogP contribution in [0, 0.1) is 0 Å². The van der Waals surface area contributed by atoms with Gasteiger partial charge in [-0.3, -0.25) is 0 Å². The Morgan fingerprint density at radius 1 is 0.710 bits per heavy atom. The monoisotopic (exact) mass is 420 g/mol. The molecule has 4 rings (SSSR count). The fraction of sp³-hybridized carbons (Fsp3) is 0.308. The molecule has 31 heavy (non-hydrogen) atoms. The predicted molar refractivity (Wildman–Crippen MR) is 120 cm³/mol. The van der Waals surface area contributed by atoms with Gasteiger partial charge in [-0.15, -0.1) is 0 Å². The third-order valence-electron chi connectivity index (χ3n) is 5.81. The van der Waals surface area contributed by atoms with E-state index in [1.165, 1.54) is 21.6 Å². The van der Waals surface area contributed by atoms with Crippen LogP contribution >= 0.6 is 0 Å². The normalized spacial score (nSPS) is 15.1. The zero-order valence-corrected chi connectivity index (χ0v) is 18.4. The molecule has 0 fully saturated rings. The van der Waals surface area contributed by atoms with E-state index in [1.807, 2.05) is 24.3 Å². The van der Waals surface area contributed by atoms with Crippen LogP contribution < -0.4 is 23.8 Å². The van der Waals surface area contributed by atoms with Crippen LogP contribution in [-0.4, -0.2) is 27.9 Å². The molecule has 0 bridgehead atoms. The van der Waals surface area contributed by atoms with Crippen LogP contribution in [0.15, 0.2) is 60.7 Å². The molecule has 3 aromatic carbocycles. The summed E-state index contributed by atoms with van der Waals surface area (Å²) in [6, 6.07) is 20.6. The van der Waals surface area contributed by atoms with E-state index in [2.05, 4.69) is 36.4 Å². The van der Waals surface area contributed by atoms with Gasteiger partial charge < -0.3 is 23.8 Å². The van der Waals surface area contributed by atoms with Crippen molar-refractivity contribution in [2.75, 3.05) is 27.9 Å². The van der Waals surface area contributed by atoms with Crippen LogP contribution in [0.2, 0.25) is 0 Å². The topological polar surface area (TPSA) is 41.4 Å². The Morgan fingerprint density at radius 3 is 2.10 bits per heavy atom. The van der Waals surface area contributed by atoms with Gasteiger partial charge in [-0.1, -0.05) is 30.3 Å². The fourth-order valence-electron chi connectivity index (χ4n) is 4.15. The van der Waals surface area contributed by atoms with E-state index in [0.717, 1.165) is 54.6 Å². The molecule has 1 aliphatic heterocycles. The van der Waals surface area contributed by atoms with Crippen molar-refractivity contribution in [1.29, 1.82) is 0 Å². The Hall–Kier alpha value is -3.18. The molecule has 0 aromatic heterocycles. The predicted octanol–water partition coefficient (Wildman–Crippen LogP) is 3.43. The minimum atomic E-state index is 0.524. The molecule has 0 aliphatic carbocycles. The Morgan fingerprint density at radius 2 is 1.39 bits per heavy atom. The third kappa shape index (κ3) is 4.94. The Balaban J connectivity index is 1.44. The van der Waals surface area contributed by atoms with Crippen molar-refractivity contribution >= 4 is 0 Å². The summed E-state index contributed by atoms with van der Waals surface area (Å²) >= 11 is 0. The van der Waals surface area contributed by atoms with Gasteiger partial charge in [0, 0.05) is 17.5 Å². The van der Waals surface area contributed by atoms with Crippen LogP contribution in [0.1, 0.15) is 22.3 Å². The van der Waals surface area contributed by atoms with Gasteiger partial charge in [0.25, 0.3) is 0 Å². The van der Waals surface area contributed by atoms with E-state index in [-0.39, 0.29) is 0 Å². The number of nitrogens with one attached hydrogen (secondary N) is 1. The van der Waals surface area contributed by atoms with E-state index >= 15 is 0 Å². The van der Waals surface area contributed by atoms with Gasteiger partial charge in [-0.25, -0.2) is 0 Å². The Bertz CT molecular complexity index is 1020. The molecular weight excluding hydrogens is 390 g/mol. The minimum absolute atomic E-state index is 0.524. The molecule has 0 saturated carbocycles. The molecule has 5 heteroatoms. The van der Waals surface area contributed by atoms with Gasteiger partial charge >= 0.3 is 0 Å². The summed E-state index contributed by atoms with van der Waals surface area (Å²) in [5.41, 5.74) is 5.05. The number of hydrogen-bond acceptors (Lipinski definition) is 4. The van der Waals surface area contributed by atoms with E-state index in [4.69, 9.17) is 18.9 Å². The van der Waals surface area contributed by atoms with Gasteiger partial charge in [-0.05, 0) is 41.5 Å². The molecule has 1 aliphatic rings. The third-order valence-corrected chi connectivity index (χ3v) is 5.81. The van der Waals surface area contributed by atoms with Crippen molar-refractivity contribution in [2.45, 2.75) is 26.1 Å². The quantitative estimate of drug-likeness (QED) is 0.606. The summed E-state index contributed by atoms with van der Waals surface area (Å²) in [6.07, 6.45) is 1.03. The summed E-state index contributed by atoms with van der Waals surface area (Å²) in [5, 5.41) is 0. The molecule has 0 spiro atoms. The van der Waals surface area contributed by atoms with Crippen LogP contribution in [0.5, 0.6) is 23.0 Å². The fourth-order valence-corrected chi connectivity index (χ4v) is 4.15. The highest BCUT2D eigenvalue weighted by Crippen LogP contribution is 2.32. The van der Waals surface area contributed by atoms with Crippen molar-refractivity contribution < 1.29 is 23.8 Å². The lowest BCUT2D eigenvalue weighted by molar-refractivity contribution is -0.929. The first-order chi connectivity index (χ1) is 15.2. The zero-order valence-electron chi connectivity index (χ0n) is 18.4. The minimum Gasteiger partial charge on any atom is -0.493 e. The van der Waals surface area contributed by atoms with Crippen molar-refractivity contribution in [3.8, 4) is 23.0 Å². The van der Waals surface area contributed by atoms with E-state index in [0.29, 0.717) is 6.61 Å². The zero-order chi connectivity index (χ0) is 21.6. The number of ether oxygens (including phenoxy) is 4. The molecule has 1 heterocycles. The summed E-state index contributed by atoms with van der Waals surface area (Å²) < 4.78 is 22.5. The van der Waals surface area contributed by atoms with Crippen molar-refractivity contribution in [3.05, 3.63) is 82.9 Å². The second kappa shape index (κ2) is 9.75. The summed E-state index contributed by atoms with van der Waals surface area (Å²) in [6.45, 7) is 3.50. The lowest BCUT2D eigenvalue weighted by Crippen LogP contribution is -3.10. The van der Waals surface area contributed by atoms with Crippen molar-refractivity contribution in [2.24, 2.45) is 0 Å². The maximum absolute atomic E-state index is 6.00. The lowest BCUT2D eigenvalue weighted by Gasteiger charge is -2.27. The molecule has 1 unspecified atom stereocenters. The number of rotatable bonds is 8. The van der Waals surface area contributed by atoms with E-state index in [9.17, 15) is 0 Å². The van der Waals surface area contributed by atoms with Crippen LogP contribution in [-0.2, 0) is 26.1 Å². The number of quaternary nitrogens is 1. The number of hydrogen-bond donors (Lipinski definition) is 1. The largest absolute Gasteiger partial charge is 0.493 e. The van der Waals surface area contributed by atoms with E-state index in [1.54, 1.807) is 21.3 Å². The van der Waals surface area contributed by atoms with Gasteiger partial charge in [0.2, 0.25) is 0 Å². The maximum atomic E-state index is 6.00. The Labute approximate surface area is 184 Å². The number of fused-ring (bicyclic) bond motifs is 1. The van der Waals surface area contributed by atoms with Gasteiger partial charge in [0.05, 0.1) is 27.9 Å². The molecule has 1 N–H and O–H groups in total. The van der Waals surface area contributed by atoms with Gasteiger partial charge in [0.1, 0.15) is 19.7 Å². The molecular formula is C26H30NO4+. The second-order valence-corrected chi connectivity index (χ2v) is 7.84. The lowest BCUT2D eigenvalue weighted by atomic mass is 9.98. The van der Waals surface area contributed by atoms with E-state index < -0.39 is 0 Å². The first-order valence-electron chi connectivity index (χ1n) is 10.6. The molecule has 3 aromatic rings. The standard InChI is InChI=1S/C26H29NO4/c1-28-24-13-20(9-10-23(24)31-18-19-7-5-4-6-8-19)16-27-12-11-21-14-25(29-2)26(30-3)15-22(21)17-27/h4-10,13-15H,11-12,16-18H2,1-3H3/p+1. The summed E-state index contributed by atoms with van der Waals surface area (Å²) in [5.74, 6) is 3.15. The summed E-state index contributed by atoms with van der Waals surface area (Å²) in [4.78, 5) is 1.51. The van der Waals surface area contributed by atoms with Gasteiger partial charge in [0.15, 0.2) is 23.0 Å². The molecule has 0 radical (unpaired) electrons. The molecule has 1 atom stereocenters. The average molecular weight is 421 g/mol. The SMILES string of the molecule is COc1cc2c(cc1OC)C[NH+](Cc1ccc(OCc3ccccc3)c(OC)c1)CC2. The van der Waals surface area contributed by atoms with Crippen molar-refractivity contribution in [1.82, 2.24) is 0 Å². The van der Waals surface area contributed by atoms with Crippen molar-refractivity contribution in [3.63, 3.8) is 0 Å². The van der Waals surface area contributed by atoms with Crippen LogP contribution in [0.25, 0.3) is 0 Å². The number of methoxy groups -OCH3 is 3. The number of benzene rings is 3. The highest BCUT2D eigenvalue weighted by molar-refractivity contribution is 5.48. The molecule has 162 valence electrons. The second-order valence-electron chi connectivity index (χ2n) is 7.84. The summed E-state index contributed by atoms with van der Waals surface area (Å²) in [7, 11) is 5.06. The van der Waals surface area contributed by atoms with Crippen LogP contribution in [0.4, 0.5) is 0 Å². The molecule has 5 nitrogen and oxygen atoms in total. The van der Waals surface area contributed by atoms with Crippen LogP contribution in [0.3, 0.4) is 0 Å². The Kier molecular flexibility index (Phi) is 6.63. The molecule has 0 amide bonds. The first kappa shape index (κ1) is 21.1. The highest BCUT2D eigenvalue weighted by atomic mass is 16.5. The average Bonchev–Trinajstić information content (AvgIpc) is 2.82. The smallest absolute Gasteiger partial charge is 0.161 e. The first-order valence-corrected chi connectivity index (χ1v) is 10.6. The maximum Gasteiger partial charge on any atom is 0.161 e. The highest BCUT2D eigenvalue weighted by Gasteiger charge is 2.22.